The molecule has 1 aromatic heterocycles. The highest BCUT2D eigenvalue weighted by Gasteiger charge is 2.23. The van der Waals surface area contributed by atoms with E-state index in [0.29, 0.717) is 28.0 Å². The van der Waals surface area contributed by atoms with Gasteiger partial charge in [-0.05, 0) is 30.7 Å². The minimum absolute atomic E-state index is 0.101. The Morgan fingerprint density at radius 1 is 1.03 bits per heavy atom. The fourth-order valence-electron chi connectivity index (χ4n) is 2.63. The largest absolute Gasteiger partial charge is 0.452 e. The van der Waals surface area contributed by atoms with Crippen molar-refractivity contribution < 1.29 is 14.3 Å². The maximum atomic E-state index is 12.5. The van der Waals surface area contributed by atoms with E-state index in [-0.39, 0.29) is 10.7 Å². The molecule has 0 bridgehead atoms. The van der Waals surface area contributed by atoms with Crippen molar-refractivity contribution in [3.05, 3.63) is 80.6 Å². The van der Waals surface area contributed by atoms with Crippen molar-refractivity contribution in [2.45, 2.75) is 13.5 Å². The summed E-state index contributed by atoms with van der Waals surface area (Å²) in [6, 6.07) is 14.0. The molecule has 29 heavy (non-hydrogen) atoms. The molecular weight excluding hydrogens is 437 g/mol. The molecule has 0 aliphatic rings. The van der Waals surface area contributed by atoms with E-state index in [1.807, 2.05) is 18.2 Å². The highest BCUT2D eigenvalue weighted by Crippen LogP contribution is 2.24. The summed E-state index contributed by atoms with van der Waals surface area (Å²) in [5, 5.41) is 7.91. The molecule has 0 spiro atoms. The second-order valence-electron chi connectivity index (χ2n) is 6.10. The van der Waals surface area contributed by atoms with Gasteiger partial charge in [0.05, 0.1) is 22.9 Å². The molecule has 6 nitrogen and oxygen atoms in total. The lowest BCUT2D eigenvalue weighted by Gasteiger charge is -2.08. The number of halogens is 3. The van der Waals surface area contributed by atoms with Crippen LogP contribution in [0.15, 0.2) is 48.5 Å². The minimum atomic E-state index is -0.743. The van der Waals surface area contributed by atoms with Gasteiger partial charge < -0.3 is 10.1 Å². The van der Waals surface area contributed by atoms with Crippen LogP contribution in [0.2, 0.25) is 15.2 Å². The molecule has 0 fully saturated rings. The Balaban J connectivity index is 1.66. The first kappa shape index (κ1) is 21.2. The number of carbonyl (C=O) groups is 2. The first-order chi connectivity index (χ1) is 13.9. The third kappa shape index (κ3) is 5.09. The summed E-state index contributed by atoms with van der Waals surface area (Å²) in [6.07, 6.45) is 0. The molecule has 0 saturated carbocycles. The van der Waals surface area contributed by atoms with E-state index in [0.717, 1.165) is 5.56 Å². The van der Waals surface area contributed by atoms with Gasteiger partial charge in [0.2, 0.25) is 0 Å². The van der Waals surface area contributed by atoms with E-state index < -0.39 is 18.5 Å². The van der Waals surface area contributed by atoms with Crippen molar-refractivity contribution in [1.82, 2.24) is 9.78 Å². The van der Waals surface area contributed by atoms with Crippen LogP contribution in [-0.4, -0.2) is 28.3 Å². The number of carbonyl (C=O) groups excluding carboxylic acids is 2. The second kappa shape index (κ2) is 9.31. The van der Waals surface area contributed by atoms with Crippen molar-refractivity contribution in [3.63, 3.8) is 0 Å². The zero-order valence-corrected chi connectivity index (χ0v) is 17.6. The van der Waals surface area contributed by atoms with Gasteiger partial charge in [0, 0.05) is 5.02 Å². The summed E-state index contributed by atoms with van der Waals surface area (Å²) in [4.78, 5) is 24.5. The summed E-state index contributed by atoms with van der Waals surface area (Å²) in [5.41, 5.74) is 1.72. The van der Waals surface area contributed by atoms with Crippen LogP contribution in [0.3, 0.4) is 0 Å². The van der Waals surface area contributed by atoms with Gasteiger partial charge >= 0.3 is 5.97 Å². The summed E-state index contributed by atoms with van der Waals surface area (Å²) in [6.45, 7) is 1.44. The highest BCUT2D eigenvalue weighted by molar-refractivity contribution is 6.34. The van der Waals surface area contributed by atoms with E-state index >= 15 is 0 Å². The van der Waals surface area contributed by atoms with Gasteiger partial charge in [-0.2, -0.15) is 5.10 Å². The highest BCUT2D eigenvalue weighted by atomic mass is 35.5. The normalized spacial score (nSPS) is 10.6. The van der Waals surface area contributed by atoms with Crippen LogP contribution >= 0.6 is 34.8 Å². The average Bonchev–Trinajstić information content (AvgIpc) is 2.97. The summed E-state index contributed by atoms with van der Waals surface area (Å²) in [5.74, 6) is -1.27. The van der Waals surface area contributed by atoms with Gasteiger partial charge in [0.15, 0.2) is 6.61 Å². The lowest BCUT2D eigenvalue weighted by molar-refractivity contribution is -0.119. The third-order valence-electron chi connectivity index (χ3n) is 4.03. The number of para-hydroxylation sites is 1. The van der Waals surface area contributed by atoms with Gasteiger partial charge in [-0.3, -0.25) is 4.79 Å². The Morgan fingerprint density at radius 3 is 2.38 bits per heavy atom. The summed E-state index contributed by atoms with van der Waals surface area (Å²) >= 11 is 18.5. The molecular formula is C20H16Cl3N3O3. The smallest absolute Gasteiger partial charge is 0.343 e. The molecule has 2 aromatic carbocycles. The average molecular weight is 453 g/mol. The number of benzene rings is 2. The Hall–Kier alpha value is -2.54. The van der Waals surface area contributed by atoms with Crippen molar-refractivity contribution in [1.29, 1.82) is 0 Å². The Bertz CT molecular complexity index is 1070. The lowest BCUT2D eigenvalue weighted by Crippen LogP contribution is -2.21. The number of ether oxygens (including phenoxy) is 1. The number of aromatic nitrogens is 2. The molecule has 3 aromatic rings. The van der Waals surface area contributed by atoms with Crippen LogP contribution in [-0.2, 0) is 16.1 Å². The van der Waals surface area contributed by atoms with Gasteiger partial charge in [0.25, 0.3) is 5.91 Å². The number of nitrogens with one attached hydrogen (secondary N) is 1. The van der Waals surface area contributed by atoms with Crippen LogP contribution < -0.4 is 5.32 Å². The molecule has 9 heteroatoms. The first-order valence-corrected chi connectivity index (χ1v) is 9.68. The topological polar surface area (TPSA) is 73.2 Å². The number of rotatable bonds is 6. The maximum absolute atomic E-state index is 12.5. The number of anilines is 1. The maximum Gasteiger partial charge on any atom is 0.343 e. The SMILES string of the molecule is Cc1nn(Cc2ccccc2Cl)c(Cl)c1C(=O)OCC(=O)Nc1ccccc1Cl. The fourth-order valence-corrected chi connectivity index (χ4v) is 3.32. The van der Waals surface area contributed by atoms with Crippen LogP contribution in [0.1, 0.15) is 21.6 Å². The van der Waals surface area contributed by atoms with Crippen molar-refractivity contribution in [2.75, 3.05) is 11.9 Å². The van der Waals surface area contributed by atoms with E-state index in [2.05, 4.69) is 10.4 Å². The minimum Gasteiger partial charge on any atom is -0.452 e. The summed E-state index contributed by atoms with van der Waals surface area (Å²) in [7, 11) is 0. The standard InChI is InChI=1S/C20H16Cl3N3O3/c1-12-18(19(23)26(25-12)10-13-6-2-3-7-14(13)21)20(28)29-11-17(27)24-16-9-5-4-8-15(16)22/h2-9H,10-11H2,1H3,(H,24,27). The Morgan fingerprint density at radius 2 is 1.69 bits per heavy atom. The van der Waals surface area contributed by atoms with Crippen molar-refractivity contribution in [2.24, 2.45) is 0 Å². The van der Waals surface area contributed by atoms with Crippen LogP contribution in [0, 0.1) is 6.92 Å². The number of nitrogens with zero attached hydrogens (tertiary/aromatic N) is 2. The molecule has 1 amide bonds. The molecule has 0 saturated heterocycles. The number of aryl methyl sites for hydroxylation is 1. The molecule has 1 N–H and O–H groups in total. The molecule has 0 atom stereocenters. The van der Waals surface area contributed by atoms with Crippen molar-refractivity contribution in [3.8, 4) is 0 Å². The Labute approximate surface area is 182 Å². The van der Waals surface area contributed by atoms with E-state index in [4.69, 9.17) is 39.5 Å². The number of amides is 1. The van der Waals surface area contributed by atoms with Crippen LogP contribution in [0.25, 0.3) is 0 Å². The van der Waals surface area contributed by atoms with E-state index in [9.17, 15) is 9.59 Å². The van der Waals surface area contributed by atoms with Gasteiger partial charge in [-0.1, -0.05) is 65.1 Å². The Kier molecular flexibility index (Phi) is 6.79. The molecule has 0 radical (unpaired) electrons. The monoisotopic (exact) mass is 451 g/mol. The van der Waals surface area contributed by atoms with Crippen LogP contribution in [0.5, 0.6) is 0 Å². The molecule has 3 rings (SSSR count). The lowest BCUT2D eigenvalue weighted by atomic mass is 10.2. The third-order valence-corrected chi connectivity index (χ3v) is 5.11. The zero-order chi connectivity index (χ0) is 21.0. The van der Waals surface area contributed by atoms with E-state index in [1.54, 1.807) is 37.3 Å². The van der Waals surface area contributed by atoms with Gasteiger partial charge in [-0.25, -0.2) is 9.48 Å². The second-order valence-corrected chi connectivity index (χ2v) is 7.28. The fraction of sp³-hybridized carbons (Fsp3) is 0.150. The number of hydrogen-bond donors (Lipinski definition) is 1. The zero-order valence-electron chi connectivity index (χ0n) is 15.3. The van der Waals surface area contributed by atoms with Crippen LogP contribution in [0.4, 0.5) is 5.69 Å². The molecule has 0 unspecified atom stereocenters. The predicted octanol–water partition coefficient (Wildman–Crippen LogP) is 5.00. The number of esters is 1. The first-order valence-electron chi connectivity index (χ1n) is 8.54. The van der Waals surface area contributed by atoms with E-state index in [1.165, 1.54) is 4.68 Å². The predicted molar refractivity (Wildman–Crippen MR) is 113 cm³/mol. The molecule has 1 heterocycles. The van der Waals surface area contributed by atoms with Gasteiger partial charge in [0.1, 0.15) is 10.7 Å². The molecule has 150 valence electrons. The molecule has 0 aliphatic carbocycles. The van der Waals surface area contributed by atoms with Crippen molar-refractivity contribution >= 4 is 52.4 Å². The van der Waals surface area contributed by atoms with Gasteiger partial charge in [-0.15, -0.1) is 0 Å². The summed E-state index contributed by atoms with van der Waals surface area (Å²) < 4.78 is 6.55. The molecule has 0 aliphatic heterocycles. The quantitative estimate of drug-likeness (QED) is 0.534. The number of hydrogen-bond acceptors (Lipinski definition) is 4.